The van der Waals surface area contributed by atoms with Crippen LogP contribution in [0.3, 0.4) is 0 Å². The molecule has 2 aromatic rings. The fraction of sp³-hybridized carbons (Fsp3) is 0.312. The largest absolute Gasteiger partial charge is 0.452 e. The number of nitrogens with zero attached hydrogens (tertiary/aromatic N) is 1. The molecule has 0 radical (unpaired) electrons. The number of pyridine rings is 1. The van der Waals surface area contributed by atoms with Gasteiger partial charge in [-0.2, -0.15) is 0 Å². The number of halogens is 1. The topological polar surface area (TPSA) is 48.1 Å². The zero-order valence-electron chi connectivity index (χ0n) is 12.0. The summed E-state index contributed by atoms with van der Waals surface area (Å²) >= 11 is 0. The molecule has 4 heteroatoms. The molecule has 106 valence electrons. The molecule has 1 atom stereocenters. The van der Waals surface area contributed by atoms with Gasteiger partial charge in [0.1, 0.15) is 5.75 Å². The Hall–Kier alpha value is -1.94. The lowest BCUT2D eigenvalue weighted by Gasteiger charge is -2.12. The molecule has 1 aromatic carbocycles. The minimum absolute atomic E-state index is 0.190. The van der Waals surface area contributed by atoms with Crippen LogP contribution in [0.15, 0.2) is 30.3 Å². The summed E-state index contributed by atoms with van der Waals surface area (Å²) in [4.78, 5) is 4.40. The first kappa shape index (κ1) is 14.5. The van der Waals surface area contributed by atoms with Crippen LogP contribution < -0.4 is 10.5 Å². The van der Waals surface area contributed by atoms with Crippen molar-refractivity contribution in [2.75, 3.05) is 0 Å². The first-order valence-electron chi connectivity index (χ1n) is 6.70. The van der Waals surface area contributed by atoms with E-state index in [4.69, 9.17) is 10.5 Å². The summed E-state index contributed by atoms with van der Waals surface area (Å²) in [5.41, 5.74) is 8.21. The highest BCUT2D eigenvalue weighted by Crippen LogP contribution is 2.28. The van der Waals surface area contributed by atoms with Crippen LogP contribution in [0.1, 0.15) is 36.8 Å². The highest BCUT2D eigenvalue weighted by atomic mass is 19.1. The smallest absolute Gasteiger partial charge is 0.166 e. The fourth-order valence-electron chi connectivity index (χ4n) is 1.95. The van der Waals surface area contributed by atoms with Gasteiger partial charge < -0.3 is 10.5 Å². The van der Waals surface area contributed by atoms with Crippen LogP contribution in [-0.2, 0) is 6.42 Å². The summed E-state index contributed by atoms with van der Waals surface area (Å²) < 4.78 is 19.7. The van der Waals surface area contributed by atoms with Crippen LogP contribution in [0.2, 0.25) is 0 Å². The van der Waals surface area contributed by atoms with Crippen LogP contribution in [0, 0.1) is 12.7 Å². The molecular weight excluding hydrogens is 255 g/mol. The van der Waals surface area contributed by atoms with Gasteiger partial charge in [-0.1, -0.05) is 13.0 Å². The molecule has 1 heterocycles. The van der Waals surface area contributed by atoms with Crippen LogP contribution in [0.25, 0.3) is 0 Å². The van der Waals surface area contributed by atoms with E-state index in [-0.39, 0.29) is 11.8 Å². The lowest BCUT2D eigenvalue weighted by atomic mass is 10.1. The Morgan fingerprint density at radius 3 is 2.55 bits per heavy atom. The van der Waals surface area contributed by atoms with Crippen LogP contribution in [0.5, 0.6) is 11.5 Å². The number of hydrogen-bond donors (Lipinski definition) is 1. The summed E-state index contributed by atoms with van der Waals surface area (Å²) in [5, 5.41) is 0. The van der Waals surface area contributed by atoms with Gasteiger partial charge in [0.2, 0.25) is 0 Å². The van der Waals surface area contributed by atoms with Crippen LogP contribution >= 0.6 is 0 Å². The van der Waals surface area contributed by atoms with Crippen molar-refractivity contribution in [3.05, 3.63) is 53.1 Å². The number of hydrogen-bond acceptors (Lipinski definition) is 3. The van der Waals surface area contributed by atoms with Gasteiger partial charge in [-0.3, -0.25) is 4.98 Å². The molecule has 1 aromatic heterocycles. The second-order valence-corrected chi connectivity index (χ2v) is 4.83. The average Bonchev–Trinajstić information content (AvgIpc) is 2.42. The second kappa shape index (κ2) is 6.01. The van der Waals surface area contributed by atoms with Crippen molar-refractivity contribution in [2.24, 2.45) is 5.73 Å². The summed E-state index contributed by atoms with van der Waals surface area (Å²) in [5.74, 6) is 0.364. The maximum atomic E-state index is 14.0. The number of ether oxygens (including phenoxy) is 1. The highest BCUT2D eigenvalue weighted by molar-refractivity contribution is 5.37. The lowest BCUT2D eigenvalue weighted by Crippen LogP contribution is -2.05. The van der Waals surface area contributed by atoms with Crippen molar-refractivity contribution in [3.63, 3.8) is 0 Å². The maximum absolute atomic E-state index is 14.0. The molecule has 0 aliphatic rings. The van der Waals surface area contributed by atoms with Gasteiger partial charge in [-0.05, 0) is 50.1 Å². The first-order valence-corrected chi connectivity index (χ1v) is 6.70. The van der Waals surface area contributed by atoms with E-state index in [1.807, 2.05) is 32.9 Å². The van der Waals surface area contributed by atoms with E-state index in [1.54, 1.807) is 12.1 Å². The normalized spacial score (nSPS) is 12.2. The molecule has 0 spiro atoms. The van der Waals surface area contributed by atoms with Crippen molar-refractivity contribution in [1.29, 1.82) is 0 Å². The summed E-state index contributed by atoms with van der Waals surface area (Å²) in [6.07, 6.45) is 0.733. The molecule has 3 nitrogen and oxygen atoms in total. The van der Waals surface area contributed by atoms with Gasteiger partial charge in [0.15, 0.2) is 11.6 Å². The standard InChI is InChI=1S/C16H19FN2O/c1-4-14-16(7-5-10(2)19-14)20-15-8-6-12(11(3)18)9-13(15)17/h5-9,11H,4,18H2,1-3H3/t11-/m0/s1. The Labute approximate surface area is 118 Å². The van der Waals surface area contributed by atoms with E-state index < -0.39 is 5.82 Å². The minimum Gasteiger partial charge on any atom is -0.452 e. The van der Waals surface area contributed by atoms with Gasteiger partial charge in [-0.15, -0.1) is 0 Å². The number of rotatable bonds is 4. The predicted octanol–water partition coefficient (Wildman–Crippen LogP) is 3.90. The molecular formula is C16H19FN2O. The molecule has 2 N–H and O–H groups in total. The zero-order chi connectivity index (χ0) is 14.7. The third kappa shape index (κ3) is 3.14. The van der Waals surface area contributed by atoms with Crippen LogP contribution in [0.4, 0.5) is 4.39 Å². The van der Waals surface area contributed by atoms with Gasteiger partial charge in [0.05, 0.1) is 5.69 Å². The highest BCUT2D eigenvalue weighted by Gasteiger charge is 2.11. The third-order valence-electron chi connectivity index (χ3n) is 3.11. The molecule has 0 aliphatic carbocycles. The molecule has 0 aliphatic heterocycles. The Bertz CT molecular complexity index is 611. The van der Waals surface area contributed by atoms with Crippen molar-refractivity contribution in [2.45, 2.75) is 33.2 Å². The van der Waals surface area contributed by atoms with Gasteiger partial charge in [-0.25, -0.2) is 4.39 Å². The molecule has 0 fully saturated rings. The molecule has 0 amide bonds. The van der Waals surface area contributed by atoms with Gasteiger partial charge in [0, 0.05) is 11.7 Å². The molecule has 0 saturated carbocycles. The van der Waals surface area contributed by atoms with Gasteiger partial charge >= 0.3 is 0 Å². The van der Waals surface area contributed by atoms with E-state index in [0.717, 1.165) is 23.4 Å². The number of aromatic nitrogens is 1. The van der Waals surface area contributed by atoms with Crippen molar-refractivity contribution in [3.8, 4) is 11.5 Å². The first-order chi connectivity index (χ1) is 9.51. The van der Waals surface area contributed by atoms with E-state index >= 15 is 0 Å². The Balaban J connectivity index is 2.30. The van der Waals surface area contributed by atoms with E-state index in [2.05, 4.69) is 4.98 Å². The Morgan fingerprint density at radius 1 is 1.25 bits per heavy atom. The zero-order valence-corrected chi connectivity index (χ0v) is 12.0. The predicted molar refractivity (Wildman–Crippen MR) is 77.4 cm³/mol. The molecule has 20 heavy (non-hydrogen) atoms. The molecule has 0 saturated heterocycles. The maximum Gasteiger partial charge on any atom is 0.166 e. The number of benzene rings is 1. The summed E-state index contributed by atoms with van der Waals surface area (Å²) in [6.45, 7) is 5.72. The second-order valence-electron chi connectivity index (χ2n) is 4.83. The third-order valence-corrected chi connectivity index (χ3v) is 3.11. The van der Waals surface area contributed by atoms with E-state index in [1.165, 1.54) is 6.07 Å². The van der Waals surface area contributed by atoms with Crippen LogP contribution in [-0.4, -0.2) is 4.98 Å². The van der Waals surface area contributed by atoms with E-state index in [9.17, 15) is 4.39 Å². The molecule has 2 rings (SSSR count). The summed E-state index contributed by atoms with van der Waals surface area (Å²) in [6, 6.07) is 8.26. The van der Waals surface area contributed by atoms with Crippen molar-refractivity contribution in [1.82, 2.24) is 4.98 Å². The fourth-order valence-corrected chi connectivity index (χ4v) is 1.95. The monoisotopic (exact) mass is 274 g/mol. The molecule has 0 bridgehead atoms. The number of aryl methyl sites for hydroxylation is 2. The average molecular weight is 274 g/mol. The molecule has 0 unspecified atom stereocenters. The SMILES string of the molecule is CCc1nc(C)ccc1Oc1ccc([C@H](C)N)cc1F. The van der Waals surface area contributed by atoms with Crippen molar-refractivity contribution >= 4 is 0 Å². The quantitative estimate of drug-likeness (QED) is 0.919. The Morgan fingerprint density at radius 2 is 1.95 bits per heavy atom. The minimum atomic E-state index is -0.414. The van der Waals surface area contributed by atoms with E-state index in [0.29, 0.717) is 5.75 Å². The number of nitrogens with two attached hydrogens (primary N) is 1. The van der Waals surface area contributed by atoms with Crippen molar-refractivity contribution < 1.29 is 9.13 Å². The summed E-state index contributed by atoms with van der Waals surface area (Å²) in [7, 11) is 0. The van der Waals surface area contributed by atoms with Gasteiger partial charge in [0.25, 0.3) is 0 Å². The lowest BCUT2D eigenvalue weighted by molar-refractivity contribution is 0.434. The Kier molecular flexibility index (Phi) is 4.35.